The minimum absolute atomic E-state index is 0.0773. The van der Waals surface area contributed by atoms with Gasteiger partial charge in [0.05, 0.1) is 23.0 Å². The molecule has 6 heteroatoms. The molecule has 2 rings (SSSR count). The Kier molecular flexibility index (Phi) is 3.06. The molecule has 0 fully saturated rings. The molecule has 1 aromatic heterocycles. The van der Waals surface area contributed by atoms with E-state index in [1.54, 1.807) is 19.2 Å². The second-order valence-electron chi connectivity index (χ2n) is 3.88. The second kappa shape index (κ2) is 4.50. The maximum Gasteiger partial charge on any atom is 0.417 e. The highest BCUT2D eigenvalue weighted by molar-refractivity contribution is 5.85. The third-order valence-electron chi connectivity index (χ3n) is 2.57. The third-order valence-corrected chi connectivity index (χ3v) is 2.57. The Labute approximate surface area is 97.8 Å². The van der Waals surface area contributed by atoms with Crippen LogP contribution in [-0.2, 0) is 4.74 Å². The molecule has 4 N–H and O–H groups in total. The number of benzene rings is 1. The number of hydrogen-bond donors (Lipinski definition) is 3. The van der Waals surface area contributed by atoms with Crippen LogP contribution in [0.25, 0.3) is 11.1 Å². The van der Waals surface area contributed by atoms with E-state index in [-0.39, 0.29) is 6.10 Å². The smallest absolute Gasteiger partial charge is 0.408 e. The number of nitrogens with one attached hydrogen (secondary N) is 2. The van der Waals surface area contributed by atoms with E-state index in [0.717, 1.165) is 5.69 Å². The average Bonchev–Trinajstić information content (AvgIpc) is 2.64. The summed E-state index contributed by atoms with van der Waals surface area (Å²) in [6.45, 7) is 2.58. The Morgan fingerprint density at radius 2 is 2.35 bits per heavy atom. The van der Waals surface area contributed by atoms with E-state index in [1.165, 1.54) is 0 Å². The summed E-state index contributed by atoms with van der Waals surface area (Å²) in [5.41, 5.74) is 8.20. The topological polar surface area (TPSA) is 93.3 Å². The Morgan fingerprint density at radius 3 is 3.06 bits per heavy atom. The predicted octanol–water partition coefficient (Wildman–Crippen LogP) is 1.15. The van der Waals surface area contributed by atoms with Crippen LogP contribution in [0.4, 0.5) is 11.4 Å². The van der Waals surface area contributed by atoms with E-state index in [9.17, 15) is 4.79 Å². The molecule has 6 nitrogen and oxygen atoms in total. The average molecular weight is 237 g/mol. The van der Waals surface area contributed by atoms with Crippen LogP contribution in [0.1, 0.15) is 6.92 Å². The van der Waals surface area contributed by atoms with Crippen LogP contribution in [0, 0.1) is 0 Å². The largest absolute Gasteiger partial charge is 0.417 e. The van der Waals surface area contributed by atoms with Crippen molar-refractivity contribution in [2.45, 2.75) is 13.0 Å². The summed E-state index contributed by atoms with van der Waals surface area (Å²) in [4.78, 5) is 13.6. The lowest BCUT2D eigenvalue weighted by molar-refractivity contribution is 0.129. The summed E-state index contributed by atoms with van der Waals surface area (Å²) >= 11 is 0. The van der Waals surface area contributed by atoms with Crippen LogP contribution in [-0.4, -0.2) is 24.7 Å². The molecule has 1 atom stereocenters. The number of nitrogens with two attached hydrogens (primary N) is 1. The molecule has 0 amide bonds. The van der Waals surface area contributed by atoms with Crippen LogP contribution in [0.3, 0.4) is 0 Å². The molecule has 0 aliphatic rings. The highest BCUT2D eigenvalue weighted by Gasteiger charge is 2.07. The Hall–Kier alpha value is -1.95. The lowest BCUT2D eigenvalue weighted by atomic mass is 10.2. The van der Waals surface area contributed by atoms with Gasteiger partial charge in [-0.25, -0.2) is 4.79 Å². The first-order valence-electron chi connectivity index (χ1n) is 5.29. The van der Waals surface area contributed by atoms with E-state index in [4.69, 9.17) is 14.9 Å². The van der Waals surface area contributed by atoms with Gasteiger partial charge in [-0.05, 0) is 13.0 Å². The summed E-state index contributed by atoms with van der Waals surface area (Å²) < 4.78 is 10.0. The fourth-order valence-electron chi connectivity index (χ4n) is 1.50. The minimum atomic E-state index is -0.484. The van der Waals surface area contributed by atoms with Gasteiger partial charge in [-0.3, -0.25) is 4.98 Å². The molecular formula is C11H15N3O3. The number of methoxy groups -OCH3 is 1. The summed E-state index contributed by atoms with van der Waals surface area (Å²) in [6, 6.07) is 3.37. The molecule has 1 unspecified atom stereocenters. The van der Waals surface area contributed by atoms with Crippen LogP contribution < -0.4 is 16.8 Å². The van der Waals surface area contributed by atoms with Gasteiger partial charge in [0.1, 0.15) is 0 Å². The number of anilines is 2. The first kappa shape index (κ1) is 11.5. The van der Waals surface area contributed by atoms with Crippen molar-refractivity contribution in [2.24, 2.45) is 0 Å². The number of nitrogen functional groups attached to an aromatic ring is 1. The number of aromatic amines is 1. The molecule has 17 heavy (non-hydrogen) atoms. The second-order valence-corrected chi connectivity index (χ2v) is 3.88. The lowest BCUT2D eigenvalue weighted by Crippen LogP contribution is -2.18. The highest BCUT2D eigenvalue weighted by Crippen LogP contribution is 2.24. The molecule has 0 saturated carbocycles. The third kappa shape index (κ3) is 2.42. The van der Waals surface area contributed by atoms with Crippen molar-refractivity contribution in [3.8, 4) is 0 Å². The number of oxazole rings is 1. The summed E-state index contributed by atoms with van der Waals surface area (Å²) in [5.74, 6) is -0.484. The lowest BCUT2D eigenvalue weighted by Gasteiger charge is -2.13. The van der Waals surface area contributed by atoms with Gasteiger partial charge in [-0.15, -0.1) is 0 Å². The molecule has 0 bridgehead atoms. The van der Waals surface area contributed by atoms with Crippen LogP contribution in [0.5, 0.6) is 0 Å². The number of ether oxygens (including phenoxy) is 1. The molecule has 92 valence electrons. The quantitative estimate of drug-likeness (QED) is 0.693. The van der Waals surface area contributed by atoms with Crippen molar-refractivity contribution in [2.75, 3.05) is 24.7 Å². The van der Waals surface area contributed by atoms with Crippen LogP contribution >= 0.6 is 0 Å². The van der Waals surface area contributed by atoms with E-state index in [0.29, 0.717) is 23.3 Å². The SMILES string of the molecule is COC(C)CNc1cc2[nH]c(=O)oc2cc1N. The summed E-state index contributed by atoms with van der Waals surface area (Å²) in [7, 11) is 1.65. The zero-order valence-corrected chi connectivity index (χ0v) is 9.74. The molecule has 1 heterocycles. The van der Waals surface area contributed by atoms with Gasteiger partial charge < -0.3 is 20.2 Å². The van der Waals surface area contributed by atoms with Crippen molar-refractivity contribution in [1.29, 1.82) is 0 Å². The van der Waals surface area contributed by atoms with Gasteiger partial charge in [0, 0.05) is 19.7 Å². The molecule has 0 aliphatic carbocycles. The number of rotatable bonds is 4. The maximum absolute atomic E-state index is 11.0. The molecule has 0 spiro atoms. The highest BCUT2D eigenvalue weighted by atomic mass is 16.5. The predicted molar refractivity (Wildman–Crippen MR) is 66.2 cm³/mol. The zero-order valence-electron chi connectivity index (χ0n) is 9.74. The monoisotopic (exact) mass is 237 g/mol. The summed E-state index contributed by atoms with van der Waals surface area (Å²) in [6.07, 6.45) is 0.0773. The Bertz CT molecular complexity index is 573. The Morgan fingerprint density at radius 1 is 1.59 bits per heavy atom. The molecule has 2 aromatic rings. The Balaban J connectivity index is 2.27. The van der Waals surface area contributed by atoms with Crippen molar-refractivity contribution in [3.63, 3.8) is 0 Å². The van der Waals surface area contributed by atoms with Gasteiger partial charge in [0.15, 0.2) is 5.58 Å². The summed E-state index contributed by atoms with van der Waals surface area (Å²) in [5, 5.41) is 3.15. The van der Waals surface area contributed by atoms with Gasteiger partial charge in [0.25, 0.3) is 0 Å². The first-order valence-corrected chi connectivity index (χ1v) is 5.29. The number of aromatic nitrogens is 1. The standard InChI is InChI=1S/C11H15N3O3/c1-6(16-2)5-13-8-4-9-10(3-7(8)12)17-11(15)14-9/h3-4,6,13H,5,12H2,1-2H3,(H,14,15). The van der Waals surface area contributed by atoms with E-state index in [2.05, 4.69) is 10.3 Å². The fourth-order valence-corrected chi connectivity index (χ4v) is 1.50. The maximum atomic E-state index is 11.0. The molecule has 1 aromatic carbocycles. The molecular weight excluding hydrogens is 222 g/mol. The van der Waals surface area contributed by atoms with E-state index < -0.39 is 5.76 Å². The number of H-pyrrole nitrogens is 1. The van der Waals surface area contributed by atoms with Crippen molar-refractivity contribution in [1.82, 2.24) is 4.98 Å². The van der Waals surface area contributed by atoms with Crippen LogP contribution in [0.2, 0.25) is 0 Å². The van der Waals surface area contributed by atoms with Crippen LogP contribution in [0.15, 0.2) is 21.3 Å². The molecule has 0 saturated heterocycles. The van der Waals surface area contributed by atoms with Gasteiger partial charge >= 0.3 is 5.76 Å². The fraction of sp³-hybridized carbons (Fsp3) is 0.364. The van der Waals surface area contributed by atoms with E-state index in [1.807, 2.05) is 6.92 Å². The van der Waals surface area contributed by atoms with Crippen molar-refractivity contribution >= 4 is 22.5 Å². The number of fused-ring (bicyclic) bond motifs is 1. The molecule has 0 radical (unpaired) electrons. The normalized spacial score (nSPS) is 12.8. The first-order chi connectivity index (χ1) is 8.10. The van der Waals surface area contributed by atoms with Gasteiger partial charge in [-0.2, -0.15) is 0 Å². The van der Waals surface area contributed by atoms with E-state index >= 15 is 0 Å². The van der Waals surface area contributed by atoms with Crippen molar-refractivity contribution in [3.05, 3.63) is 22.7 Å². The molecule has 0 aliphatic heterocycles. The minimum Gasteiger partial charge on any atom is -0.408 e. The number of hydrogen-bond acceptors (Lipinski definition) is 5. The van der Waals surface area contributed by atoms with Gasteiger partial charge in [0.2, 0.25) is 0 Å². The zero-order chi connectivity index (χ0) is 12.4. The van der Waals surface area contributed by atoms with Gasteiger partial charge in [-0.1, -0.05) is 0 Å². The van der Waals surface area contributed by atoms with Crippen molar-refractivity contribution < 1.29 is 9.15 Å².